The molecule has 74 valence electrons. The smallest absolute Gasteiger partial charge is 0.163 e. The molecule has 0 saturated carbocycles. The van der Waals surface area contributed by atoms with Crippen LogP contribution < -0.4 is 0 Å². The van der Waals surface area contributed by atoms with Gasteiger partial charge in [-0.1, -0.05) is 6.92 Å². The summed E-state index contributed by atoms with van der Waals surface area (Å²) in [6.45, 7) is 1.89. The SMILES string of the molecule is CCC(O)c1cncc2c1C(=O)CC2. The number of hydrogen-bond acceptors (Lipinski definition) is 3. The highest BCUT2D eigenvalue weighted by Gasteiger charge is 2.25. The Bertz CT molecular complexity index is 374. The van der Waals surface area contributed by atoms with E-state index in [1.165, 1.54) is 0 Å². The van der Waals surface area contributed by atoms with E-state index in [1.54, 1.807) is 12.4 Å². The minimum absolute atomic E-state index is 0.143. The molecule has 0 bridgehead atoms. The predicted molar refractivity (Wildman–Crippen MR) is 52.1 cm³/mol. The summed E-state index contributed by atoms with van der Waals surface area (Å²) in [4.78, 5) is 15.6. The molecule has 1 heterocycles. The molecule has 0 saturated heterocycles. The first-order valence-corrected chi connectivity index (χ1v) is 4.92. The van der Waals surface area contributed by atoms with Crippen molar-refractivity contribution in [2.75, 3.05) is 0 Å². The molecule has 1 N–H and O–H groups in total. The van der Waals surface area contributed by atoms with Crippen molar-refractivity contribution >= 4 is 5.78 Å². The maximum Gasteiger partial charge on any atom is 0.163 e. The van der Waals surface area contributed by atoms with Crippen LogP contribution in [0.4, 0.5) is 0 Å². The van der Waals surface area contributed by atoms with Crippen molar-refractivity contribution in [1.82, 2.24) is 4.98 Å². The lowest BCUT2D eigenvalue weighted by atomic mass is 10.0. The number of nitrogens with zero attached hydrogens (tertiary/aromatic N) is 1. The van der Waals surface area contributed by atoms with Crippen LogP contribution in [-0.4, -0.2) is 15.9 Å². The number of fused-ring (bicyclic) bond motifs is 1. The molecule has 14 heavy (non-hydrogen) atoms. The fourth-order valence-corrected chi connectivity index (χ4v) is 1.90. The highest BCUT2D eigenvalue weighted by molar-refractivity contribution is 6.01. The van der Waals surface area contributed by atoms with Crippen LogP contribution in [0.15, 0.2) is 12.4 Å². The quantitative estimate of drug-likeness (QED) is 0.773. The number of rotatable bonds is 2. The van der Waals surface area contributed by atoms with Gasteiger partial charge in [-0.3, -0.25) is 9.78 Å². The molecule has 1 atom stereocenters. The van der Waals surface area contributed by atoms with E-state index in [2.05, 4.69) is 4.98 Å². The number of aliphatic hydroxyl groups is 1. The van der Waals surface area contributed by atoms with Crippen LogP contribution >= 0.6 is 0 Å². The lowest BCUT2D eigenvalue weighted by Crippen LogP contribution is -2.05. The summed E-state index contributed by atoms with van der Waals surface area (Å²) in [7, 11) is 0. The Morgan fingerprint density at radius 2 is 2.29 bits per heavy atom. The van der Waals surface area contributed by atoms with Gasteiger partial charge in [-0.05, 0) is 18.4 Å². The second-order valence-electron chi connectivity index (χ2n) is 3.61. The highest BCUT2D eigenvalue weighted by Crippen LogP contribution is 2.29. The number of carbonyl (C=O) groups excluding carboxylic acids is 1. The van der Waals surface area contributed by atoms with Crippen LogP contribution in [0.5, 0.6) is 0 Å². The maximum absolute atomic E-state index is 11.6. The fourth-order valence-electron chi connectivity index (χ4n) is 1.90. The minimum atomic E-state index is -0.556. The molecule has 3 nitrogen and oxygen atoms in total. The average molecular weight is 191 g/mol. The number of aliphatic hydroxyl groups excluding tert-OH is 1. The van der Waals surface area contributed by atoms with Crippen molar-refractivity contribution in [3.63, 3.8) is 0 Å². The van der Waals surface area contributed by atoms with Crippen molar-refractivity contribution in [3.05, 3.63) is 29.1 Å². The normalized spacial score (nSPS) is 16.9. The standard InChI is InChI=1S/C11H13NO2/c1-2-9(13)8-6-12-5-7-3-4-10(14)11(7)8/h5-6,9,13H,2-4H2,1H3. The highest BCUT2D eigenvalue weighted by atomic mass is 16.3. The zero-order chi connectivity index (χ0) is 10.1. The fraction of sp³-hybridized carbons (Fsp3) is 0.455. The molecule has 0 aromatic carbocycles. The van der Waals surface area contributed by atoms with E-state index in [4.69, 9.17) is 0 Å². The van der Waals surface area contributed by atoms with Gasteiger partial charge in [-0.25, -0.2) is 0 Å². The van der Waals surface area contributed by atoms with Gasteiger partial charge in [0.05, 0.1) is 6.10 Å². The number of aromatic nitrogens is 1. The Morgan fingerprint density at radius 1 is 1.50 bits per heavy atom. The third kappa shape index (κ3) is 1.34. The molecular weight excluding hydrogens is 178 g/mol. The van der Waals surface area contributed by atoms with Gasteiger partial charge in [-0.2, -0.15) is 0 Å². The number of aryl methyl sites for hydroxylation is 1. The number of Topliss-reactive ketones (excluding diaryl/α,β-unsaturated/α-hetero) is 1. The molecule has 0 spiro atoms. The molecule has 3 heteroatoms. The molecule has 0 amide bonds. The second kappa shape index (κ2) is 3.50. The summed E-state index contributed by atoms with van der Waals surface area (Å²) in [6, 6.07) is 0. The molecular formula is C11H13NO2. The Morgan fingerprint density at radius 3 is 3.00 bits per heavy atom. The maximum atomic E-state index is 11.6. The molecule has 0 radical (unpaired) electrons. The van der Waals surface area contributed by atoms with E-state index in [1.807, 2.05) is 6.92 Å². The predicted octanol–water partition coefficient (Wildman–Crippen LogP) is 1.65. The third-order valence-corrected chi connectivity index (χ3v) is 2.70. The first-order chi connectivity index (χ1) is 6.74. The van der Waals surface area contributed by atoms with Gasteiger partial charge in [0.1, 0.15) is 0 Å². The van der Waals surface area contributed by atoms with Crippen molar-refractivity contribution in [2.45, 2.75) is 32.3 Å². The molecule has 1 aromatic heterocycles. The summed E-state index contributed by atoms with van der Waals surface area (Å²) in [5.74, 6) is 0.143. The molecule has 1 aliphatic carbocycles. The molecule has 1 aromatic rings. The van der Waals surface area contributed by atoms with E-state index in [0.29, 0.717) is 24.0 Å². The first-order valence-electron chi connectivity index (χ1n) is 4.92. The van der Waals surface area contributed by atoms with Crippen molar-refractivity contribution in [1.29, 1.82) is 0 Å². The summed E-state index contributed by atoms with van der Waals surface area (Å²) in [6.07, 6.45) is 4.73. The van der Waals surface area contributed by atoms with E-state index in [9.17, 15) is 9.90 Å². The van der Waals surface area contributed by atoms with Crippen LogP contribution in [0, 0.1) is 0 Å². The van der Waals surface area contributed by atoms with Crippen LogP contribution in [-0.2, 0) is 6.42 Å². The van der Waals surface area contributed by atoms with E-state index in [0.717, 1.165) is 12.0 Å². The Balaban J connectivity index is 2.52. The average Bonchev–Trinajstić information content (AvgIpc) is 2.59. The van der Waals surface area contributed by atoms with Gasteiger partial charge in [-0.15, -0.1) is 0 Å². The zero-order valence-electron chi connectivity index (χ0n) is 8.16. The Kier molecular flexibility index (Phi) is 2.33. The summed E-state index contributed by atoms with van der Waals surface area (Å²) >= 11 is 0. The van der Waals surface area contributed by atoms with Crippen molar-refractivity contribution < 1.29 is 9.90 Å². The molecule has 1 unspecified atom stereocenters. The van der Waals surface area contributed by atoms with Gasteiger partial charge >= 0.3 is 0 Å². The van der Waals surface area contributed by atoms with Crippen molar-refractivity contribution in [3.8, 4) is 0 Å². The molecule has 0 aliphatic heterocycles. The van der Waals surface area contributed by atoms with E-state index >= 15 is 0 Å². The molecule has 2 rings (SSSR count). The Labute approximate surface area is 82.8 Å². The Hall–Kier alpha value is -1.22. The zero-order valence-corrected chi connectivity index (χ0v) is 8.16. The van der Waals surface area contributed by atoms with Crippen LogP contribution in [0.3, 0.4) is 0 Å². The molecule has 1 aliphatic rings. The number of ketones is 1. The second-order valence-corrected chi connectivity index (χ2v) is 3.61. The van der Waals surface area contributed by atoms with E-state index < -0.39 is 6.10 Å². The third-order valence-electron chi connectivity index (χ3n) is 2.70. The minimum Gasteiger partial charge on any atom is -0.388 e. The molecule has 0 fully saturated rings. The largest absolute Gasteiger partial charge is 0.388 e. The van der Waals surface area contributed by atoms with Crippen molar-refractivity contribution in [2.24, 2.45) is 0 Å². The summed E-state index contributed by atoms with van der Waals surface area (Å²) < 4.78 is 0. The monoisotopic (exact) mass is 191 g/mol. The summed E-state index contributed by atoms with van der Waals surface area (Å²) in [5.41, 5.74) is 2.40. The van der Waals surface area contributed by atoms with E-state index in [-0.39, 0.29) is 5.78 Å². The number of hydrogen-bond donors (Lipinski definition) is 1. The van der Waals surface area contributed by atoms with Crippen LogP contribution in [0.1, 0.15) is 47.4 Å². The number of pyridine rings is 1. The topological polar surface area (TPSA) is 50.2 Å². The van der Waals surface area contributed by atoms with Gasteiger partial charge in [0.25, 0.3) is 0 Å². The summed E-state index contributed by atoms with van der Waals surface area (Å²) in [5, 5.41) is 9.72. The van der Waals surface area contributed by atoms with Gasteiger partial charge in [0, 0.05) is 29.9 Å². The van der Waals surface area contributed by atoms with Gasteiger partial charge in [0.15, 0.2) is 5.78 Å². The number of carbonyl (C=O) groups is 1. The first kappa shape index (κ1) is 9.34. The van der Waals surface area contributed by atoms with Crippen LogP contribution in [0.25, 0.3) is 0 Å². The van der Waals surface area contributed by atoms with Gasteiger partial charge < -0.3 is 5.11 Å². The van der Waals surface area contributed by atoms with Crippen LogP contribution in [0.2, 0.25) is 0 Å². The lowest BCUT2D eigenvalue weighted by molar-refractivity contribution is 0.0987. The van der Waals surface area contributed by atoms with Gasteiger partial charge in [0.2, 0.25) is 0 Å². The lowest BCUT2D eigenvalue weighted by Gasteiger charge is -2.11.